The molecule has 182 valence electrons. The molecule has 0 saturated carbocycles. The number of amides is 2. The van der Waals surface area contributed by atoms with E-state index in [1.54, 1.807) is 66.7 Å². The Bertz CT molecular complexity index is 1360. The first kappa shape index (κ1) is 23.5. The zero-order valence-corrected chi connectivity index (χ0v) is 19.8. The first-order valence-corrected chi connectivity index (χ1v) is 12.2. The van der Waals surface area contributed by atoms with E-state index in [2.05, 4.69) is 5.32 Å². The summed E-state index contributed by atoms with van der Waals surface area (Å²) in [6.45, 7) is 1.29. The van der Waals surface area contributed by atoms with Crippen LogP contribution in [0.5, 0.6) is 5.75 Å². The van der Waals surface area contributed by atoms with Crippen molar-refractivity contribution in [2.45, 2.75) is 25.7 Å². The van der Waals surface area contributed by atoms with Crippen LogP contribution in [0.2, 0.25) is 0 Å². The number of ether oxygens (including phenoxy) is 1. The van der Waals surface area contributed by atoms with Crippen LogP contribution in [0.25, 0.3) is 0 Å². The molecule has 2 amide bonds. The zero-order chi connectivity index (χ0) is 25.1. The maximum absolute atomic E-state index is 13.3. The molecule has 7 heteroatoms. The number of para-hydroxylation sites is 1. The fourth-order valence-corrected chi connectivity index (χ4v) is 4.77. The Labute approximate surface area is 209 Å². The second kappa shape index (κ2) is 10.2. The van der Waals surface area contributed by atoms with Gasteiger partial charge in [-0.15, -0.1) is 0 Å². The monoisotopic (exact) mass is 482 g/mol. The van der Waals surface area contributed by atoms with Gasteiger partial charge in [0.1, 0.15) is 5.75 Å². The van der Waals surface area contributed by atoms with Crippen LogP contribution in [0, 0.1) is 0 Å². The number of ketones is 2. The highest BCUT2D eigenvalue weighted by molar-refractivity contribution is 6.30. The number of carbonyl (C=O) groups excluding carboxylic acids is 4. The highest BCUT2D eigenvalue weighted by Crippen LogP contribution is 2.32. The van der Waals surface area contributed by atoms with Crippen molar-refractivity contribution in [2.75, 3.05) is 25.0 Å². The van der Waals surface area contributed by atoms with Crippen molar-refractivity contribution in [1.29, 1.82) is 0 Å². The van der Waals surface area contributed by atoms with E-state index in [1.165, 1.54) is 0 Å². The molecule has 0 radical (unpaired) electrons. The number of hydrogen-bond acceptors (Lipinski definition) is 5. The van der Waals surface area contributed by atoms with Crippen LogP contribution in [0.3, 0.4) is 0 Å². The number of rotatable bonds is 5. The number of anilines is 1. The molecule has 3 aromatic carbocycles. The largest absolute Gasteiger partial charge is 0.483 e. The molecule has 2 aliphatic rings. The molecule has 0 spiro atoms. The molecule has 1 fully saturated rings. The van der Waals surface area contributed by atoms with Crippen LogP contribution in [0.4, 0.5) is 5.69 Å². The van der Waals surface area contributed by atoms with E-state index in [0.717, 1.165) is 38.8 Å². The number of carbonyl (C=O) groups is 4. The van der Waals surface area contributed by atoms with Gasteiger partial charge in [0.2, 0.25) is 0 Å². The van der Waals surface area contributed by atoms with Gasteiger partial charge in [0.25, 0.3) is 11.8 Å². The van der Waals surface area contributed by atoms with Crippen LogP contribution < -0.4 is 10.1 Å². The van der Waals surface area contributed by atoms with Crippen LogP contribution in [0.1, 0.15) is 67.9 Å². The van der Waals surface area contributed by atoms with E-state index in [0.29, 0.717) is 11.1 Å². The maximum atomic E-state index is 13.3. The number of hydrogen-bond donors (Lipinski definition) is 1. The fourth-order valence-electron chi connectivity index (χ4n) is 4.77. The van der Waals surface area contributed by atoms with Gasteiger partial charge in [-0.25, -0.2) is 0 Å². The van der Waals surface area contributed by atoms with Gasteiger partial charge < -0.3 is 15.0 Å². The maximum Gasteiger partial charge on any atom is 0.260 e. The Balaban J connectivity index is 1.36. The third kappa shape index (κ3) is 4.52. The Morgan fingerprint density at radius 2 is 1.39 bits per heavy atom. The molecule has 0 unspecified atom stereocenters. The summed E-state index contributed by atoms with van der Waals surface area (Å²) in [5, 5.41) is 2.78. The van der Waals surface area contributed by atoms with Crippen molar-refractivity contribution in [1.82, 2.24) is 4.90 Å². The average Bonchev–Trinajstić information content (AvgIpc) is 3.20. The highest BCUT2D eigenvalue weighted by atomic mass is 16.5. The van der Waals surface area contributed by atoms with E-state index in [-0.39, 0.29) is 52.2 Å². The van der Waals surface area contributed by atoms with Crippen LogP contribution >= 0.6 is 0 Å². The van der Waals surface area contributed by atoms with Crippen LogP contribution in [-0.4, -0.2) is 48.0 Å². The Morgan fingerprint density at radius 3 is 2.14 bits per heavy atom. The van der Waals surface area contributed by atoms with Gasteiger partial charge in [-0.1, -0.05) is 61.4 Å². The fraction of sp³-hybridized carbons (Fsp3) is 0.241. The lowest BCUT2D eigenvalue weighted by atomic mass is 9.83. The molecule has 36 heavy (non-hydrogen) atoms. The summed E-state index contributed by atoms with van der Waals surface area (Å²) < 4.78 is 5.78. The number of likely N-dealkylation sites (tertiary alicyclic amines) is 1. The molecule has 1 heterocycles. The van der Waals surface area contributed by atoms with Crippen LogP contribution in [0.15, 0.2) is 66.7 Å². The van der Waals surface area contributed by atoms with E-state index >= 15 is 0 Å². The van der Waals surface area contributed by atoms with Crippen molar-refractivity contribution >= 4 is 29.1 Å². The normalized spacial score (nSPS) is 14.9. The Hall–Kier alpha value is -4.26. The van der Waals surface area contributed by atoms with Gasteiger partial charge in [-0.3, -0.25) is 19.2 Å². The second-order valence-corrected chi connectivity index (χ2v) is 8.97. The predicted octanol–water partition coefficient (Wildman–Crippen LogP) is 4.50. The Kier molecular flexibility index (Phi) is 6.62. The summed E-state index contributed by atoms with van der Waals surface area (Å²) in [4.78, 5) is 54.0. The predicted molar refractivity (Wildman–Crippen MR) is 135 cm³/mol. The van der Waals surface area contributed by atoms with Gasteiger partial charge in [0.15, 0.2) is 18.2 Å². The molecular formula is C29H26N2O5. The van der Waals surface area contributed by atoms with Crippen molar-refractivity contribution in [3.63, 3.8) is 0 Å². The zero-order valence-electron chi connectivity index (χ0n) is 19.8. The number of fused-ring (bicyclic) bond motifs is 2. The standard InChI is InChI=1S/C29H26N2O5/c32-25(31-16-7-1-2-8-17-31)18-36-24-15-6-5-12-21(24)29(35)30-23-14-9-13-22-26(23)28(34)20-11-4-3-10-19(20)27(22)33/h3-6,9-15H,1-2,7-8,16-18H2,(H,30,35). The molecular weight excluding hydrogens is 456 g/mol. The van der Waals surface area contributed by atoms with E-state index in [9.17, 15) is 19.2 Å². The number of benzene rings is 3. The molecule has 1 aliphatic heterocycles. The summed E-state index contributed by atoms with van der Waals surface area (Å²) in [6, 6.07) is 18.1. The quantitative estimate of drug-likeness (QED) is 0.452. The smallest absolute Gasteiger partial charge is 0.260 e. The second-order valence-electron chi connectivity index (χ2n) is 8.97. The average molecular weight is 483 g/mol. The highest BCUT2D eigenvalue weighted by Gasteiger charge is 2.32. The SMILES string of the molecule is O=C(Nc1cccc2c1C(=O)c1ccccc1C2=O)c1ccccc1OCC(=O)N1CCCCCC1. The lowest BCUT2D eigenvalue weighted by Gasteiger charge is -2.21. The Morgan fingerprint density at radius 1 is 0.750 bits per heavy atom. The van der Waals surface area contributed by atoms with Crippen LogP contribution in [-0.2, 0) is 4.79 Å². The third-order valence-corrected chi connectivity index (χ3v) is 6.64. The molecule has 0 aromatic heterocycles. The van der Waals surface area contributed by atoms with Crippen molar-refractivity contribution in [2.24, 2.45) is 0 Å². The van der Waals surface area contributed by atoms with Gasteiger partial charge in [0, 0.05) is 29.8 Å². The summed E-state index contributed by atoms with van der Waals surface area (Å²) in [5.41, 5.74) is 1.57. The molecule has 1 aliphatic carbocycles. The minimum absolute atomic E-state index is 0.105. The number of nitrogens with zero attached hydrogens (tertiary/aromatic N) is 1. The topological polar surface area (TPSA) is 92.8 Å². The van der Waals surface area contributed by atoms with Gasteiger partial charge in [-0.2, -0.15) is 0 Å². The molecule has 0 bridgehead atoms. The van der Waals surface area contributed by atoms with Crippen molar-refractivity contribution in [3.8, 4) is 5.75 Å². The summed E-state index contributed by atoms with van der Waals surface area (Å²) >= 11 is 0. The first-order chi connectivity index (χ1) is 17.5. The summed E-state index contributed by atoms with van der Waals surface area (Å²) in [6.07, 6.45) is 4.21. The molecule has 7 nitrogen and oxygen atoms in total. The van der Waals surface area contributed by atoms with E-state index in [4.69, 9.17) is 4.74 Å². The lowest BCUT2D eigenvalue weighted by molar-refractivity contribution is -0.133. The third-order valence-electron chi connectivity index (χ3n) is 6.64. The molecule has 5 rings (SSSR count). The van der Waals surface area contributed by atoms with Gasteiger partial charge >= 0.3 is 0 Å². The minimum atomic E-state index is -0.500. The van der Waals surface area contributed by atoms with Gasteiger partial charge in [0.05, 0.1) is 16.8 Å². The van der Waals surface area contributed by atoms with Gasteiger partial charge in [-0.05, 0) is 31.0 Å². The molecule has 3 aromatic rings. The molecule has 1 N–H and O–H groups in total. The van der Waals surface area contributed by atoms with E-state index < -0.39 is 5.91 Å². The minimum Gasteiger partial charge on any atom is -0.483 e. The molecule has 0 atom stereocenters. The summed E-state index contributed by atoms with van der Waals surface area (Å²) in [5.74, 6) is -0.904. The van der Waals surface area contributed by atoms with E-state index in [1.807, 2.05) is 4.90 Å². The van der Waals surface area contributed by atoms with Crippen molar-refractivity contribution in [3.05, 3.63) is 94.5 Å². The first-order valence-electron chi connectivity index (χ1n) is 12.2. The summed E-state index contributed by atoms with van der Waals surface area (Å²) in [7, 11) is 0. The lowest BCUT2D eigenvalue weighted by Crippen LogP contribution is -2.35. The molecule has 1 saturated heterocycles. The number of nitrogens with one attached hydrogen (secondary N) is 1. The van der Waals surface area contributed by atoms with Crippen molar-refractivity contribution < 1.29 is 23.9 Å².